The summed E-state index contributed by atoms with van der Waals surface area (Å²) in [6.07, 6.45) is 6.14. The van der Waals surface area contributed by atoms with Gasteiger partial charge in [-0.3, -0.25) is 0 Å². The van der Waals surface area contributed by atoms with Gasteiger partial charge in [-0.15, -0.1) is 0 Å². The third-order valence-corrected chi connectivity index (χ3v) is 3.08. The standard InChI is InChI=1S/C15H24/c1-5-8-14-10-12(4)13(7-3)11-15(14)9-6-2/h10-11H,5-9H2,1-4H3. The van der Waals surface area contributed by atoms with E-state index in [-0.39, 0.29) is 0 Å². The van der Waals surface area contributed by atoms with E-state index in [0.29, 0.717) is 0 Å². The summed E-state index contributed by atoms with van der Waals surface area (Å²) >= 11 is 0. The van der Waals surface area contributed by atoms with Crippen LogP contribution < -0.4 is 0 Å². The van der Waals surface area contributed by atoms with Crippen molar-refractivity contribution in [1.82, 2.24) is 0 Å². The lowest BCUT2D eigenvalue weighted by molar-refractivity contribution is 0.854. The molecule has 0 aliphatic rings. The molecule has 0 spiro atoms. The zero-order valence-electron chi connectivity index (χ0n) is 10.7. The molecule has 1 rings (SSSR count). The van der Waals surface area contributed by atoms with E-state index in [0.717, 1.165) is 6.42 Å². The molecule has 0 aromatic heterocycles. The number of hydrogen-bond donors (Lipinski definition) is 0. The highest BCUT2D eigenvalue weighted by Gasteiger charge is 2.05. The van der Waals surface area contributed by atoms with Crippen molar-refractivity contribution >= 4 is 0 Å². The van der Waals surface area contributed by atoms with E-state index in [9.17, 15) is 0 Å². The molecule has 0 nitrogen and oxygen atoms in total. The van der Waals surface area contributed by atoms with E-state index in [1.807, 2.05) is 0 Å². The monoisotopic (exact) mass is 204 g/mol. The third kappa shape index (κ3) is 3.09. The molecule has 0 N–H and O–H groups in total. The maximum atomic E-state index is 2.43. The van der Waals surface area contributed by atoms with Gasteiger partial charge in [0.25, 0.3) is 0 Å². The van der Waals surface area contributed by atoms with Crippen LogP contribution in [0, 0.1) is 6.92 Å². The molecule has 0 heterocycles. The molecule has 0 unspecified atom stereocenters. The van der Waals surface area contributed by atoms with Gasteiger partial charge in [-0.1, -0.05) is 45.7 Å². The van der Waals surface area contributed by atoms with Crippen molar-refractivity contribution in [2.24, 2.45) is 0 Å². The topological polar surface area (TPSA) is 0 Å². The molecule has 0 bridgehead atoms. The molecule has 0 amide bonds. The van der Waals surface area contributed by atoms with Gasteiger partial charge in [0.15, 0.2) is 0 Å². The molecule has 84 valence electrons. The van der Waals surface area contributed by atoms with Crippen molar-refractivity contribution in [3.05, 3.63) is 34.4 Å². The Kier molecular flexibility index (Phi) is 4.87. The molecule has 0 heteroatoms. The van der Waals surface area contributed by atoms with Crippen molar-refractivity contribution in [3.63, 3.8) is 0 Å². The Bertz CT molecular complexity index is 310. The Labute approximate surface area is 94.7 Å². The highest BCUT2D eigenvalue weighted by Crippen LogP contribution is 2.20. The second kappa shape index (κ2) is 5.95. The lowest BCUT2D eigenvalue weighted by atomic mass is 9.93. The highest BCUT2D eigenvalue weighted by molar-refractivity contribution is 5.38. The summed E-state index contributed by atoms with van der Waals surface area (Å²) in [6, 6.07) is 4.84. The van der Waals surface area contributed by atoms with Crippen molar-refractivity contribution in [1.29, 1.82) is 0 Å². The normalized spacial score (nSPS) is 10.7. The number of aryl methyl sites for hydroxylation is 4. The van der Waals surface area contributed by atoms with Crippen LogP contribution >= 0.6 is 0 Å². The van der Waals surface area contributed by atoms with Crippen LogP contribution in [0.25, 0.3) is 0 Å². The summed E-state index contributed by atoms with van der Waals surface area (Å²) in [5.41, 5.74) is 6.16. The van der Waals surface area contributed by atoms with Gasteiger partial charge in [0.05, 0.1) is 0 Å². The SMILES string of the molecule is CCCc1cc(C)c(CC)cc1CCC. The number of benzene rings is 1. The van der Waals surface area contributed by atoms with E-state index in [1.54, 1.807) is 11.1 Å². The lowest BCUT2D eigenvalue weighted by Crippen LogP contribution is -1.98. The Balaban J connectivity index is 3.07. The average molecular weight is 204 g/mol. The molecular formula is C15H24. The predicted octanol–water partition coefficient (Wildman–Crippen LogP) is 4.46. The van der Waals surface area contributed by atoms with Crippen LogP contribution in [0.3, 0.4) is 0 Å². The van der Waals surface area contributed by atoms with Crippen LogP contribution in [0.1, 0.15) is 55.9 Å². The minimum atomic E-state index is 1.16. The van der Waals surface area contributed by atoms with Crippen molar-refractivity contribution < 1.29 is 0 Å². The van der Waals surface area contributed by atoms with Gasteiger partial charge in [0.1, 0.15) is 0 Å². The Morgan fingerprint density at radius 3 is 1.80 bits per heavy atom. The molecule has 0 saturated heterocycles. The Hall–Kier alpha value is -0.780. The molecule has 0 radical (unpaired) electrons. The predicted molar refractivity (Wildman–Crippen MR) is 68.5 cm³/mol. The van der Waals surface area contributed by atoms with Gasteiger partial charge < -0.3 is 0 Å². The summed E-state index contributed by atoms with van der Waals surface area (Å²) in [7, 11) is 0. The maximum absolute atomic E-state index is 2.43. The molecule has 0 fully saturated rings. The molecule has 0 aliphatic heterocycles. The first-order valence-electron chi connectivity index (χ1n) is 6.34. The van der Waals surface area contributed by atoms with Gasteiger partial charge in [-0.25, -0.2) is 0 Å². The van der Waals surface area contributed by atoms with Gasteiger partial charge in [0, 0.05) is 0 Å². The molecule has 15 heavy (non-hydrogen) atoms. The molecule has 0 aliphatic carbocycles. The van der Waals surface area contributed by atoms with Gasteiger partial charge in [-0.2, -0.15) is 0 Å². The zero-order chi connectivity index (χ0) is 11.3. The summed E-state index contributed by atoms with van der Waals surface area (Å²) in [5.74, 6) is 0. The first-order valence-corrected chi connectivity index (χ1v) is 6.34. The summed E-state index contributed by atoms with van der Waals surface area (Å²) in [5, 5.41) is 0. The fourth-order valence-electron chi connectivity index (χ4n) is 2.25. The first-order chi connectivity index (χ1) is 7.22. The van der Waals surface area contributed by atoms with Crippen LogP contribution in [-0.4, -0.2) is 0 Å². The number of hydrogen-bond acceptors (Lipinski definition) is 0. The van der Waals surface area contributed by atoms with E-state index >= 15 is 0 Å². The van der Waals surface area contributed by atoms with E-state index in [4.69, 9.17) is 0 Å². The minimum Gasteiger partial charge on any atom is -0.0651 e. The van der Waals surface area contributed by atoms with E-state index in [2.05, 4.69) is 39.8 Å². The second-order valence-electron chi connectivity index (χ2n) is 4.40. The van der Waals surface area contributed by atoms with Crippen LogP contribution in [-0.2, 0) is 19.3 Å². The fraction of sp³-hybridized carbons (Fsp3) is 0.600. The van der Waals surface area contributed by atoms with Gasteiger partial charge >= 0.3 is 0 Å². The van der Waals surface area contributed by atoms with E-state index < -0.39 is 0 Å². The van der Waals surface area contributed by atoms with Crippen LogP contribution in [0.15, 0.2) is 12.1 Å². The molecule has 0 saturated carbocycles. The molecular weight excluding hydrogens is 180 g/mol. The van der Waals surface area contributed by atoms with Crippen molar-refractivity contribution in [3.8, 4) is 0 Å². The minimum absolute atomic E-state index is 1.16. The van der Waals surface area contributed by atoms with Gasteiger partial charge in [0.2, 0.25) is 0 Å². The largest absolute Gasteiger partial charge is 0.0651 e. The summed E-state index contributed by atoms with van der Waals surface area (Å²) in [4.78, 5) is 0. The highest BCUT2D eigenvalue weighted by atomic mass is 14.1. The average Bonchev–Trinajstić information content (AvgIpc) is 2.22. The van der Waals surface area contributed by atoms with Crippen LogP contribution in [0.5, 0.6) is 0 Å². The van der Waals surface area contributed by atoms with Crippen molar-refractivity contribution in [2.75, 3.05) is 0 Å². The quantitative estimate of drug-likeness (QED) is 0.664. The summed E-state index contributed by atoms with van der Waals surface area (Å²) < 4.78 is 0. The molecule has 1 aromatic rings. The van der Waals surface area contributed by atoms with E-state index in [1.165, 1.54) is 36.8 Å². The third-order valence-electron chi connectivity index (χ3n) is 3.08. The first kappa shape index (κ1) is 12.3. The Morgan fingerprint density at radius 1 is 0.800 bits per heavy atom. The number of rotatable bonds is 5. The zero-order valence-corrected chi connectivity index (χ0v) is 10.7. The maximum Gasteiger partial charge on any atom is -0.0279 e. The summed E-state index contributed by atoms with van der Waals surface area (Å²) in [6.45, 7) is 9.02. The van der Waals surface area contributed by atoms with Crippen LogP contribution in [0.4, 0.5) is 0 Å². The van der Waals surface area contributed by atoms with Crippen LogP contribution in [0.2, 0.25) is 0 Å². The molecule has 1 aromatic carbocycles. The molecule has 0 atom stereocenters. The Morgan fingerprint density at radius 2 is 1.33 bits per heavy atom. The smallest absolute Gasteiger partial charge is 0.0279 e. The second-order valence-corrected chi connectivity index (χ2v) is 4.40. The fourth-order valence-corrected chi connectivity index (χ4v) is 2.25. The van der Waals surface area contributed by atoms with Gasteiger partial charge in [-0.05, 0) is 48.4 Å². The lowest BCUT2D eigenvalue weighted by Gasteiger charge is -2.13. The van der Waals surface area contributed by atoms with Crippen molar-refractivity contribution in [2.45, 2.75) is 59.8 Å².